The third-order valence-corrected chi connectivity index (χ3v) is 4.47. The van der Waals surface area contributed by atoms with Gasteiger partial charge in [-0.1, -0.05) is 0 Å². The summed E-state index contributed by atoms with van der Waals surface area (Å²) in [6.07, 6.45) is 0.309. The molecule has 3 aliphatic rings. The van der Waals surface area contributed by atoms with Crippen LogP contribution in [0.25, 0.3) is 0 Å². The van der Waals surface area contributed by atoms with Gasteiger partial charge in [0, 0.05) is 6.54 Å². The van der Waals surface area contributed by atoms with Crippen molar-refractivity contribution in [3.8, 4) is 0 Å². The number of nitrogens with one attached hydrogen (secondary N) is 1. The molecule has 3 fully saturated rings. The zero-order valence-corrected chi connectivity index (χ0v) is 14.6. The zero-order chi connectivity index (χ0) is 18.4. The van der Waals surface area contributed by atoms with Gasteiger partial charge in [-0.25, -0.2) is 20.1 Å². The molecule has 3 heterocycles. The highest BCUT2D eigenvalue weighted by atomic mass is 16.7. The van der Waals surface area contributed by atoms with E-state index in [0.717, 1.165) is 0 Å². The van der Waals surface area contributed by atoms with E-state index >= 15 is 0 Å². The highest BCUT2D eigenvalue weighted by molar-refractivity contribution is 5.87. The summed E-state index contributed by atoms with van der Waals surface area (Å²) in [7, 11) is 0. The Bertz CT molecular complexity index is 571. The van der Waals surface area contributed by atoms with Gasteiger partial charge in [0.25, 0.3) is 5.91 Å². The molecule has 2 atom stereocenters. The minimum absolute atomic E-state index is 0.244. The molecule has 2 unspecified atom stereocenters. The van der Waals surface area contributed by atoms with Gasteiger partial charge in [0.2, 0.25) is 0 Å². The molecule has 2 bridgehead atoms. The van der Waals surface area contributed by atoms with Crippen molar-refractivity contribution < 1.29 is 29.2 Å². The van der Waals surface area contributed by atoms with Crippen LogP contribution < -0.4 is 5.48 Å². The second kappa shape index (κ2) is 6.34. The average molecular weight is 356 g/mol. The lowest BCUT2D eigenvalue weighted by Crippen LogP contribution is -2.58. The van der Waals surface area contributed by atoms with E-state index in [9.17, 15) is 19.6 Å². The van der Waals surface area contributed by atoms with Crippen molar-refractivity contribution in [1.29, 1.82) is 0 Å². The number of carbonyl (C=O) groups is 3. The Morgan fingerprint density at radius 1 is 1.20 bits per heavy atom. The molecule has 140 valence electrons. The number of fused-ring (bicyclic) bond motifs is 2. The van der Waals surface area contributed by atoms with Gasteiger partial charge in [-0.15, -0.1) is 0 Å². The first kappa shape index (κ1) is 17.7. The highest BCUT2D eigenvalue weighted by Crippen LogP contribution is 2.28. The molecule has 10 nitrogen and oxygen atoms in total. The summed E-state index contributed by atoms with van der Waals surface area (Å²) < 4.78 is 5.24. The molecule has 10 heteroatoms. The van der Waals surface area contributed by atoms with E-state index in [1.807, 2.05) is 0 Å². The van der Waals surface area contributed by atoms with Gasteiger partial charge in [-0.2, -0.15) is 0 Å². The number of likely N-dealkylation sites (tertiary alicyclic amines) is 1. The number of piperidine rings is 1. The van der Waals surface area contributed by atoms with Crippen LogP contribution in [-0.4, -0.2) is 81.5 Å². The normalized spacial score (nSPS) is 26.6. The molecule has 0 radical (unpaired) electrons. The summed E-state index contributed by atoms with van der Waals surface area (Å²) in [6.45, 7) is 6.37. The van der Waals surface area contributed by atoms with Crippen molar-refractivity contribution in [2.24, 2.45) is 0 Å². The van der Waals surface area contributed by atoms with Gasteiger partial charge in [-0.05, 0) is 33.6 Å². The number of urea groups is 1. The van der Waals surface area contributed by atoms with Crippen molar-refractivity contribution in [1.82, 2.24) is 20.3 Å². The minimum Gasteiger partial charge on any atom is -0.444 e. The fraction of sp³-hybridized carbons (Fsp3) is 0.800. The second-order valence-electron chi connectivity index (χ2n) is 7.62. The number of hydrogen-bond donors (Lipinski definition) is 2. The number of amides is 4. The topological polar surface area (TPSA) is 112 Å². The predicted molar refractivity (Wildman–Crippen MR) is 83.4 cm³/mol. The van der Waals surface area contributed by atoms with Crippen LogP contribution in [0.2, 0.25) is 0 Å². The SMILES string of the molecule is CC(C)(C)OC(=O)N1CC(ONC(=O)C2CCC3CN2C(=O)N3O)C1. The van der Waals surface area contributed by atoms with Crippen LogP contribution in [0.3, 0.4) is 0 Å². The van der Waals surface area contributed by atoms with Crippen LogP contribution >= 0.6 is 0 Å². The number of carbonyl (C=O) groups excluding carboxylic acids is 3. The second-order valence-corrected chi connectivity index (χ2v) is 7.62. The number of hydroxylamine groups is 3. The maximum atomic E-state index is 12.3. The molecule has 4 amide bonds. The summed E-state index contributed by atoms with van der Waals surface area (Å²) >= 11 is 0. The number of rotatable bonds is 3. The van der Waals surface area contributed by atoms with Gasteiger partial charge in [0.1, 0.15) is 17.7 Å². The van der Waals surface area contributed by atoms with Gasteiger partial charge in [-0.3, -0.25) is 14.8 Å². The summed E-state index contributed by atoms with van der Waals surface area (Å²) in [5.41, 5.74) is 1.81. The molecule has 0 aliphatic carbocycles. The summed E-state index contributed by atoms with van der Waals surface area (Å²) in [6, 6.07) is -1.45. The van der Waals surface area contributed by atoms with E-state index in [1.165, 1.54) is 9.80 Å². The molecule has 0 aromatic rings. The van der Waals surface area contributed by atoms with Crippen molar-refractivity contribution >= 4 is 18.0 Å². The first-order valence-electron chi connectivity index (χ1n) is 8.38. The Labute approximate surface area is 145 Å². The van der Waals surface area contributed by atoms with Crippen LogP contribution in [0.1, 0.15) is 33.6 Å². The van der Waals surface area contributed by atoms with E-state index in [-0.39, 0.29) is 12.1 Å². The van der Waals surface area contributed by atoms with E-state index < -0.39 is 29.7 Å². The Morgan fingerprint density at radius 3 is 2.52 bits per heavy atom. The van der Waals surface area contributed by atoms with E-state index in [4.69, 9.17) is 9.57 Å². The van der Waals surface area contributed by atoms with Crippen molar-refractivity contribution in [3.05, 3.63) is 0 Å². The molecule has 3 saturated heterocycles. The lowest BCUT2D eigenvalue weighted by Gasteiger charge is -2.39. The third kappa shape index (κ3) is 3.64. The van der Waals surface area contributed by atoms with Gasteiger partial charge in [0.05, 0.1) is 19.1 Å². The Morgan fingerprint density at radius 2 is 1.88 bits per heavy atom. The zero-order valence-electron chi connectivity index (χ0n) is 14.6. The van der Waals surface area contributed by atoms with Crippen molar-refractivity contribution in [2.75, 3.05) is 19.6 Å². The molecular formula is C15H24N4O6. The first-order chi connectivity index (χ1) is 11.7. The standard InChI is InChI=1S/C15H24N4O6/c1-15(2,3)24-14(22)17-7-10(8-17)25-16-12(20)11-5-4-9-6-18(11)13(21)19(9)23/h9-11,23H,4-8H2,1-3H3,(H,16,20). The fourth-order valence-electron chi connectivity index (χ4n) is 3.12. The van der Waals surface area contributed by atoms with Crippen LogP contribution in [0.15, 0.2) is 0 Å². The Kier molecular flexibility index (Phi) is 4.50. The molecule has 0 saturated carbocycles. The maximum Gasteiger partial charge on any atom is 0.410 e. The van der Waals surface area contributed by atoms with Crippen LogP contribution in [0.5, 0.6) is 0 Å². The third-order valence-electron chi connectivity index (χ3n) is 4.47. The van der Waals surface area contributed by atoms with Crippen LogP contribution in [-0.2, 0) is 14.4 Å². The Balaban J connectivity index is 1.41. The molecule has 3 aliphatic heterocycles. The number of ether oxygens (including phenoxy) is 1. The first-order valence-corrected chi connectivity index (χ1v) is 8.38. The monoisotopic (exact) mass is 356 g/mol. The molecule has 25 heavy (non-hydrogen) atoms. The number of nitrogens with zero attached hydrogens (tertiary/aromatic N) is 3. The van der Waals surface area contributed by atoms with Gasteiger partial charge < -0.3 is 14.5 Å². The maximum absolute atomic E-state index is 12.3. The molecule has 3 rings (SSSR count). The van der Waals surface area contributed by atoms with Gasteiger partial charge >= 0.3 is 12.1 Å². The van der Waals surface area contributed by atoms with Crippen LogP contribution in [0, 0.1) is 0 Å². The number of hydrogen-bond acceptors (Lipinski definition) is 6. The summed E-state index contributed by atoms with van der Waals surface area (Å²) in [4.78, 5) is 44.1. The van der Waals surface area contributed by atoms with E-state index in [0.29, 0.717) is 37.5 Å². The predicted octanol–water partition coefficient (Wildman–Crippen LogP) is 0.311. The van der Waals surface area contributed by atoms with E-state index in [1.54, 1.807) is 20.8 Å². The molecule has 0 spiro atoms. The molecule has 0 aromatic carbocycles. The Hall–Kier alpha value is -2.07. The largest absolute Gasteiger partial charge is 0.444 e. The van der Waals surface area contributed by atoms with Crippen molar-refractivity contribution in [2.45, 2.75) is 57.4 Å². The van der Waals surface area contributed by atoms with Crippen molar-refractivity contribution in [3.63, 3.8) is 0 Å². The molecule has 0 aromatic heterocycles. The lowest BCUT2D eigenvalue weighted by atomic mass is 10.0. The molecule has 2 N–H and O–H groups in total. The minimum atomic E-state index is -0.650. The summed E-state index contributed by atoms with van der Waals surface area (Å²) in [5.74, 6) is -0.419. The highest BCUT2D eigenvalue weighted by Gasteiger charge is 2.47. The van der Waals surface area contributed by atoms with E-state index in [2.05, 4.69) is 5.48 Å². The fourth-order valence-corrected chi connectivity index (χ4v) is 3.12. The average Bonchev–Trinajstić information content (AvgIpc) is 2.68. The van der Waals surface area contributed by atoms with Gasteiger partial charge in [0.15, 0.2) is 0 Å². The molecular weight excluding hydrogens is 332 g/mol. The quantitative estimate of drug-likeness (QED) is 0.556. The van der Waals surface area contributed by atoms with Crippen LogP contribution in [0.4, 0.5) is 9.59 Å². The lowest BCUT2D eigenvalue weighted by molar-refractivity contribution is -0.152. The smallest absolute Gasteiger partial charge is 0.410 e. The summed E-state index contributed by atoms with van der Waals surface area (Å²) in [5, 5.41) is 10.3.